The normalized spacial score (nSPS) is 15.7. The average Bonchev–Trinajstić information content (AvgIpc) is 3.22. The first-order valence-electron chi connectivity index (χ1n) is 9.34. The van der Waals surface area contributed by atoms with Crippen LogP contribution in [0, 0.1) is 0 Å². The molecular formula is C21H26N2O4. The number of carbonyl (C=O) groups is 2. The van der Waals surface area contributed by atoms with Crippen LogP contribution >= 0.6 is 0 Å². The number of hydrogen-bond donors (Lipinski definition) is 0. The van der Waals surface area contributed by atoms with E-state index in [-0.39, 0.29) is 11.8 Å². The fraction of sp³-hybridized carbons (Fsp3) is 0.429. The number of benzene rings is 1. The fourth-order valence-corrected chi connectivity index (χ4v) is 3.14. The number of amides is 2. The number of nitrogens with zero attached hydrogens (tertiary/aromatic N) is 2. The van der Waals surface area contributed by atoms with E-state index >= 15 is 0 Å². The maximum absolute atomic E-state index is 12.7. The van der Waals surface area contributed by atoms with E-state index in [9.17, 15) is 9.59 Å². The zero-order chi connectivity index (χ0) is 19.4. The molecule has 0 saturated carbocycles. The Kier molecular flexibility index (Phi) is 5.84. The van der Waals surface area contributed by atoms with Crippen molar-refractivity contribution in [2.75, 3.05) is 26.2 Å². The van der Waals surface area contributed by atoms with Crippen LogP contribution in [0.15, 0.2) is 47.1 Å². The minimum Gasteiger partial charge on any atom is -0.481 e. The van der Waals surface area contributed by atoms with Crippen molar-refractivity contribution in [3.8, 4) is 5.75 Å². The lowest BCUT2D eigenvalue weighted by atomic mass is 10.0. The van der Waals surface area contributed by atoms with E-state index in [0.717, 1.165) is 0 Å². The molecule has 1 atom stereocenters. The minimum absolute atomic E-state index is 0.0601. The van der Waals surface area contributed by atoms with E-state index in [1.807, 2.05) is 18.2 Å². The third-order valence-corrected chi connectivity index (χ3v) is 4.80. The zero-order valence-corrected chi connectivity index (χ0v) is 16.1. The average molecular weight is 370 g/mol. The lowest BCUT2D eigenvalue weighted by molar-refractivity contribution is -0.139. The van der Waals surface area contributed by atoms with Gasteiger partial charge in [-0.15, -0.1) is 0 Å². The Morgan fingerprint density at radius 2 is 1.70 bits per heavy atom. The van der Waals surface area contributed by atoms with Crippen molar-refractivity contribution in [1.29, 1.82) is 0 Å². The Labute approximate surface area is 159 Å². The second kappa shape index (κ2) is 8.29. The van der Waals surface area contributed by atoms with Crippen molar-refractivity contribution in [3.05, 3.63) is 54.0 Å². The van der Waals surface area contributed by atoms with Crippen molar-refractivity contribution in [2.24, 2.45) is 0 Å². The second-order valence-corrected chi connectivity index (χ2v) is 7.08. The summed E-state index contributed by atoms with van der Waals surface area (Å²) in [5, 5.41) is 0. The molecule has 1 fully saturated rings. The molecule has 2 amide bonds. The van der Waals surface area contributed by atoms with Gasteiger partial charge in [-0.2, -0.15) is 0 Å². The summed E-state index contributed by atoms with van der Waals surface area (Å²) in [5.74, 6) is 1.24. The lowest BCUT2D eigenvalue weighted by Crippen LogP contribution is -2.53. The van der Waals surface area contributed by atoms with Crippen molar-refractivity contribution >= 4 is 11.8 Å². The Morgan fingerprint density at radius 3 is 2.33 bits per heavy atom. The van der Waals surface area contributed by atoms with Gasteiger partial charge in [0.05, 0.1) is 6.26 Å². The van der Waals surface area contributed by atoms with Crippen LogP contribution in [0.5, 0.6) is 5.75 Å². The van der Waals surface area contributed by atoms with Crippen molar-refractivity contribution in [1.82, 2.24) is 9.80 Å². The summed E-state index contributed by atoms with van der Waals surface area (Å²) >= 11 is 0. The van der Waals surface area contributed by atoms with Gasteiger partial charge in [0.25, 0.3) is 11.8 Å². The monoisotopic (exact) mass is 370 g/mol. The van der Waals surface area contributed by atoms with Gasteiger partial charge < -0.3 is 19.0 Å². The molecule has 1 saturated heterocycles. The van der Waals surface area contributed by atoms with Crippen LogP contribution < -0.4 is 4.74 Å². The van der Waals surface area contributed by atoms with Gasteiger partial charge in [0, 0.05) is 26.2 Å². The van der Waals surface area contributed by atoms with Crippen LogP contribution in [0.2, 0.25) is 0 Å². The predicted molar refractivity (Wildman–Crippen MR) is 102 cm³/mol. The van der Waals surface area contributed by atoms with E-state index in [0.29, 0.717) is 43.6 Å². The van der Waals surface area contributed by atoms with E-state index in [2.05, 4.69) is 19.9 Å². The van der Waals surface area contributed by atoms with Crippen LogP contribution in [0.4, 0.5) is 0 Å². The predicted octanol–water partition coefficient (Wildman–Crippen LogP) is 3.15. The molecule has 0 spiro atoms. The molecule has 1 aliphatic heterocycles. The molecule has 6 heteroatoms. The quantitative estimate of drug-likeness (QED) is 0.811. The van der Waals surface area contributed by atoms with Crippen molar-refractivity contribution < 1.29 is 18.7 Å². The molecule has 2 aromatic rings. The highest BCUT2D eigenvalue weighted by Crippen LogP contribution is 2.21. The second-order valence-electron chi connectivity index (χ2n) is 7.08. The molecule has 0 radical (unpaired) electrons. The van der Waals surface area contributed by atoms with Gasteiger partial charge in [0.15, 0.2) is 11.9 Å². The van der Waals surface area contributed by atoms with E-state index in [1.165, 1.54) is 11.8 Å². The molecule has 6 nitrogen and oxygen atoms in total. The highest BCUT2D eigenvalue weighted by atomic mass is 16.5. The topological polar surface area (TPSA) is 63.0 Å². The van der Waals surface area contributed by atoms with Crippen LogP contribution in [-0.4, -0.2) is 53.9 Å². The number of rotatable bonds is 5. The number of hydrogen-bond acceptors (Lipinski definition) is 4. The van der Waals surface area contributed by atoms with Gasteiger partial charge in [0.2, 0.25) is 0 Å². The maximum Gasteiger partial charge on any atom is 0.289 e. The molecule has 1 aliphatic rings. The van der Waals surface area contributed by atoms with Crippen LogP contribution in [0.25, 0.3) is 0 Å². The maximum atomic E-state index is 12.7. The zero-order valence-electron chi connectivity index (χ0n) is 16.1. The molecule has 1 unspecified atom stereocenters. The highest BCUT2D eigenvalue weighted by Gasteiger charge is 2.29. The number of furan rings is 1. The van der Waals surface area contributed by atoms with Crippen LogP contribution in [0.3, 0.4) is 0 Å². The Bertz CT molecular complexity index is 777. The molecule has 0 bridgehead atoms. The minimum atomic E-state index is -0.570. The Balaban J connectivity index is 1.54. The largest absolute Gasteiger partial charge is 0.481 e. The van der Waals surface area contributed by atoms with E-state index in [4.69, 9.17) is 9.15 Å². The number of ether oxygens (including phenoxy) is 1. The molecule has 144 valence electrons. The van der Waals surface area contributed by atoms with Gasteiger partial charge in [-0.25, -0.2) is 0 Å². The highest BCUT2D eigenvalue weighted by molar-refractivity contribution is 5.91. The third-order valence-electron chi connectivity index (χ3n) is 4.80. The summed E-state index contributed by atoms with van der Waals surface area (Å²) in [6.07, 6.45) is 0.917. The van der Waals surface area contributed by atoms with E-state index in [1.54, 1.807) is 28.9 Å². The van der Waals surface area contributed by atoms with Gasteiger partial charge in [-0.05, 0) is 42.7 Å². The van der Waals surface area contributed by atoms with Crippen molar-refractivity contribution in [3.63, 3.8) is 0 Å². The van der Waals surface area contributed by atoms with E-state index < -0.39 is 6.10 Å². The number of piperazine rings is 1. The first kappa shape index (κ1) is 19.0. The summed E-state index contributed by atoms with van der Waals surface area (Å²) in [4.78, 5) is 28.5. The molecule has 3 rings (SSSR count). The number of carbonyl (C=O) groups excluding carboxylic acids is 2. The summed E-state index contributed by atoms with van der Waals surface area (Å²) in [5.41, 5.74) is 1.18. The molecule has 0 aliphatic carbocycles. The SMILES string of the molecule is CC(Oc1cccc(C(C)C)c1)C(=O)N1CCN(C(=O)c2ccco2)CC1. The van der Waals surface area contributed by atoms with Gasteiger partial charge in [-0.3, -0.25) is 9.59 Å². The van der Waals surface area contributed by atoms with Gasteiger partial charge >= 0.3 is 0 Å². The molecule has 1 aromatic heterocycles. The van der Waals surface area contributed by atoms with Gasteiger partial charge in [0.1, 0.15) is 5.75 Å². The van der Waals surface area contributed by atoms with Gasteiger partial charge in [-0.1, -0.05) is 26.0 Å². The first-order chi connectivity index (χ1) is 13.0. The van der Waals surface area contributed by atoms with Crippen molar-refractivity contribution in [2.45, 2.75) is 32.8 Å². The lowest BCUT2D eigenvalue weighted by Gasteiger charge is -2.35. The fourth-order valence-electron chi connectivity index (χ4n) is 3.14. The first-order valence-corrected chi connectivity index (χ1v) is 9.34. The Morgan fingerprint density at radius 1 is 1.00 bits per heavy atom. The summed E-state index contributed by atoms with van der Waals surface area (Å²) in [6, 6.07) is 11.2. The molecule has 0 N–H and O–H groups in total. The molecule has 2 heterocycles. The molecular weight excluding hydrogens is 344 g/mol. The van der Waals surface area contributed by atoms with Crippen LogP contribution in [-0.2, 0) is 4.79 Å². The molecule has 1 aromatic carbocycles. The van der Waals surface area contributed by atoms with Crippen LogP contribution in [0.1, 0.15) is 42.8 Å². The smallest absolute Gasteiger partial charge is 0.289 e. The summed E-state index contributed by atoms with van der Waals surface area (Å²) in [6.45, 7) is 7.97. The Hall–Kier alpha value is -2.76. The third kappa shape index (κ3) is 4.51. The summed E-state index contributed by atoms with van der Waals surface area (Å²) < 4.78 is 11.0. The summed E-state index contributed by atoms with van der Waals surface area (Å²) in [7, 11) is 0. The standard InChI is InChI=1S/C21H26N2O4/c1-15(2)17-6-4-7-18(14-17)27-16(3)20(24)22-9-11-23(12-10-22)21(25)19-8-5-13-26-19/h4-8,13-16H,9-12H2,1-3H3. The molecule has 27 heavy (non-hydrogen) atoms.